The molecule has 0 amide bonds. The number of nitrogens with zero attached hydrogens (tertiary/aromatic N) is 2. The number of anilines is 1. The molecular formula is C14H17ClFN3O. The Hall–Kier alpha value is -1.33. The predicted molar refractivity (Wildman–Crippen MR) is 77.3 cm³/mol. The molecular weight excluding hydrogens is 281 g/mol. The number of nitrogens with two attached hydrogens (primary N) is 1. The lowest BCUT2D eigenvalue weighted by molar-refractivity contribution is 0.0163. The van der Waals surface area contributed by atoms with E-state index in [0.717, 1.165) is 26.1 Å². The molecule has 6 heteroatoms. The van der Waals surface area contributed by atoms with Crippen LogP contribution < -0.4 is 5.73 Å². The standard InChI is InChI=1S/C14H17ClFN3O/c1-14(2-4-20-5-3-14)8-19-12-7-10(16)9(15)6-11(12)18-13(19)17/h6-7H,2-5,8H2,1H3,(H2,17,18). The van der Waals surface area contributed by atoms with Crippen LogP contribution in [0.4, 0.5) is 10.3 Å². The Bertz CT molecular complexity index is 649. The number of fused-ring (bicyclic) bond motifs is 1. The topological polar surface area (TPSA) is 53.1 Å². The molecule has 0 unspecified atom stereocenters. The molecule has 1 aliphatic heterocycles. The van der Waals surface area contributed by atoms with Crippen LogP contribution in [0.2, 0.25) is 5.02 Å². The molecule has 2 N–H and O–H groups in total. The fourth-order valence-electron chi connectivity index (χ4n) is 2.71. The van der Waals surface area contributed by atoms with Crippen molar-refractivity contribution in [3.8, 4) is 0 Å². The Labute approximate surface area is 121 Å². The van der Waals surface area contributed by atoms with Crippen LogP contribution in [-0.2, 0) is 11.3 Å². The zero-order valence-electron chi connectivity index (χ0n) is 11.3. The maximum Gasteiger partial charge on any atom is 0.201 e. The van der Waals surface area contributed by atoms with Crippen molar-refractivity contribution in [3.05, 3.63) is 23.0 Å². The second-order valence-electron chi connectivity index (χ2n) is 5.73. The summed E-state index contributed by atoms with van der Waals surface area (Å²) in [6.45, 7) is 4.42. The van der Waals surface area contributed by atoms with Crippen LogP contribution in [0.3, 0.4) is 0 Å². The summed E-state index contributed by atoms with van der Waals surface area (Å²) in [4.78, 5) is 4.27. The molecule has 108 valence electrons. The summed E-state index contributed by atoms with van der Waals surface area (Å²) in [7, 11) is 0. The van der Waals surface area contributed by atoms with Crippen molar-refractivity contribution in [1.82, 2.24) is 9.55 Å². The molecule has 20 heavy (non-hydrogen) atoms. The lowest BCUT2D eigenvalue weighted by Gasteiger charge is -2.34. The number of hydrogen-bond donors (Lipinski definition) is 1. The van der Waals surface area contributed by atoms with Gasteiger partial charge in [0.05, 0.1) is 16.1 Å². The van der Waals surface area contributed by atoms with Crippen LogP contribution in [0.15, 0.2) is 12.1 Å². The molecule has 2 aromatic rings. The highest BCUT2D eigenvalue weighted by Gasteiger charge is 2.29. The van der Waals surface area contributed by atoms with Gasteiger partial charge in [-0.1, -0.05) is 18.5 Å². The third-order valence-electron chi connectivity index (χ3n) is 4.06. The molecule has 4 nitrogen and oxygen atoms in total. The number of ether oxygens (including phenoxy) is 1. The quantitative estimate of drug-likeness (QED) is 0.926. The minimum Gasteiger partial charge on any atom is -0.381 e. The summed E-state index contributed by atoms with van der Waals surface area (Å²) in [5, 5.41) is 0.0689. The largest absolute Gasteiger partial charge is 0.381 e. The van der Waals surface area contributed by atoms with Gasteiger partial charge in [0, 0.05) is 25.8 Å². The molecule has 0 spiro atoms. The van der Waals surface area contributed by atoms with Gasteiger partial charge in [-0.3, -0.25) is 0 Å². The van der Waals surface area contributed by atoms with E-state index in [1.54, 1.807) is 0 Å². The lowest BCUT2D eigenvalue weighted by Crippen LogP contribution is -2.31. The van der Waals surface area contributed by atoms with E-state index in [-0.39, 0.29) is 10.4 Å². The summed E-state index contributed by atoms with van der Waals surface area (Å²) in [5.41, 5.74) is 7.40. The highest BCUT2D eigenvalue weighted by Crippen LogP contribution is 2.34. The van der Waals surface area contributed by atoms with Gasteiger partial charge < -0.3 is 15.0 Å². The van der Waals surface area contributed by atoms with Crippen molar-refractivity contribution in [2.45, 2.75) is 26.3 Å². The van der Waals surface area contributed by atoms with Crippen LogP contribution in [0.1, 0.15) is 19.8 Å². The molecule has 0 bridgehead atoms. The Balaban J connectivity index is 2.02. The lowest BCUT2D eigenvalue weighted by atomic mass is 9.82. The van der Waals surface area contributed by atoms with Gasteiger partial charge in [-0.2, -0.15) is 0 Å². The first-order valence-corrected chi connectivity index (χ1v) is 7.05. The van der Waals surface area contributed by atoms with Gasteiger partial charge >= 0.3 is 0 Å². The van der Waals surface area contributed by atoms with Gasteiger partial charge in [0.15, 0.2) is 0 Å². The SMILES string of the molecule is CC1(Cn2c(N)nc3cc(Cl)c(F)cc32)CCOCC1. The van der Waals surface area contributed by atoms with Crippen LogP contribution in [-0.4, -0.2) is 22.8 Å². The van der Waals surface area contributed by atoms with E-state index in [0.29, 0.717) is 23.5 Å². The van der Waals surface area contributed by atoms with Crippen LogP contribution in [0.25, 0.3) is 11.0 Å². The Morgan fingerprint density at radius 3 is 2.85 bits per heavy atom. The minimum atomic E-state index is -0.447. The first-order chi connectivity index (χ1) is 9.48. The van der Waals surface area contributed by atoms with Gasteiger partial charge in [0.1, 0.15) is 5.82 Å². The number of imidazole rings is 1. The van der Waals surface area contributed by atoms with Gasteiger partial charge in [0.2, 0.25) is 5.95 Å². The van der Waals surface area contributed by atoms with E-state index >= 15 is 0 Å². The van der Waals surface area contributed by atoms with Crippen molar-refractivity contribution in [3.63, 3.8) is 0 Å². The second-order valence-corrected chi connectivity index (χ2v) is 6.14. The molecule has 0 radical (unpaired) electrons. The highest BCUT2D eigenvalue weighted by atomic mass is 35.5. The van der Waals surface area contributed by atoms with E-state index in [2.05, 4.69) is 11.9 Å². The number of benzene rings is 1. The summed E-state index contributed by atoms with van der Waals surface area (Å²) in [6, 6.07) is 2.93. The summed E-state index contributed by atoms with van der Waals surface area (Å²) in [5.74, 6) is -0.0492. The first kappa shape index (κ1) is 13.6. The van der Waals surface area contributed by atoms with E-state index in [4.69, 9.17) is 22.1 Å². The molecule has 0 aliphatic carbocycles. The zero-order chi connectivity index (χ0) is 14.3. The molecule has 2 heterocycles. The molecule has 0 atom stereocenters. The van der Waals surface area contributed by atoms with E-state index < -0.39 is 5.82 Å². The second kappa shape index (κ2) is 4.90. The Morgan fingerprint density at radius 1 is 1.45 bits per heavy atom. The van der Waals surface area contributed by atoms with E-state index in [1.165, 1.54) is 12.1 Å². The van der Waals surface area contributed by atoms with Crippen molar-refractivity contribution < 1.29 is 9.13 Å². The fraction of sp³-hybridized carbons (Fsp3) is 0.500. The third kappa shape index (κ3) is 2.36. The number of nitrogen functional groups attached to an aromatic ring is 1. The zero-order valence-corrected chi connectivity index (χ0v) is 12.1. The van der Waals surface area contributed by atoms with Gasteiger partial charge in [-0.25, -0.2) is 9.37 Å². The summed E-state index contributed by atoms with van der Waals surface area (Å²) in [6.07, 6.45) is 1.92. The fourth-order valence-corrected chi connectivity index (χ4v) is 2.87. The first-order valence-electron chi connectivity index (χ1n) is 6.67. The van der Waals surface area contributed by atoms with Crippen molar-refractivity contribution in [2.75, 3.05) is 18.9 Å². The molecule has 3 rings (SSSR count). The maximum absolute atomic E-state index is 13.7. The average Bonchev–Trinajstić information content (AvgIpc) is 2.67. The van der Waals surface area contributed by atoms with Crippen molar-refractivity contribution in [1.29, 1.82) is 0 Å². The summed E-state index contributed by atoms with van der Waals surface area (Å²) >= 11 is 5.79. The normalized spacial score (nSPS) is 18.6. The maximum atomic E-state index is 13.7. The highest BCUT2D eigenvalue weighted by molar-refractivity contribution is 6.31. The van der Waals surface area contributed by atoms with E-state index in [9.17, 15) is 4.39 Å². The summed E-state index contributed by atoms with van der Waals surface area (Å²) < 4.78 is 21.0. The monoisotopic (exact) mass is 297 g/mol. The number of halogens is 2. The van der Waals surface area contributed by atoms with E-state index in [1.807, 2.05) is 4.57 Å². The smallest absolute Gasteiger partial charge is 0.201 e. The molecule has 1 saturated heterocycles. The van der Waals surface area contributed by atoms with Crippen LogP contribution in [0, 0.1) is 11.2 Å². The average molecular weight is 298 g/mol. The predicted octanol–water partition coefficient (Wildman–Crippen LogP) is 3.23. The number of hydrogen-bond acceptors (Lipinski definition) is 3. The Morgan fingerprint density at radius 2 is 2.15 bits per heavy atom. The van der Waals surface area contributed by atoms with Gasteiger partial charge in [0.25, 0.3) is 0 Å². The minimum absolute atomic E-state index is 0.0689. The third-order valence-corrected chi connectivity index (χ3v) is 4.35. The van der Waals surface area contributed by atoms with Crippen LogP contribution >= 0.6 is 11.6 Å². The molecule has 1 aromatic heterocycles. The van der Waals surface area contributed by atoms with Crippen LogP contribution in [0.5, 0.6) is 0 Å². The van der Waals surface area contributed by atoms with Crippen molar-refractivity contribution >= 4 is 28.6 Å². The molecule has 0 saturated carbocycles. The number of aromatic nitrogens is 2. The molecule has 1 fully saturated rings. The van der Waals surface area contributed by atoms with Gasteiger partial charge in [-0.15, -0.1) is 0 Å². The van der Waals surface area contributed by atoms with Crippen molar-refractivity contribution in [2.24, 2.45) is 5.41 Å². The Kier molecular flexibility index (Phi) is 3.34. The molecule has 1 aromatic carbocycles. The number of rotatable bonds is 2. The van der Waals surface area contributed by atoms with Gasteiger partial charge in [-0.05, 0) is 24.3 Å². The molecule has 1 aliphatic rings.